The Morgan fingerprint density at radius 2 is 2.05 bits per heavy atom. The molecular formula is C14H26N4OS. The van der Waals surface area contributed by atoms with Crippen LogP contribution in [-0.2, 0) is 17.9 Å². The van der Waals surface area contributed by atoms with Gasteiger partial charge in [-0.25, -0.2) is 4.98 Å². The second kappa shape index (κ2) is 6.39. The highest BCUT2D eigenvalue weighted by molar-refractivity contribution is 7.15. The largest absolute Gasteiger partial charge is 0.378 e. The number of thiazole rings is 1. The van der Waals surface area contributed by atoms with E-state index in [9.17, 15) is 0 Å². The van der Waals surface area contributed by atoms with Gasteiger partial charge in [-0.1, -0.05) is 0 Å². The first-order valence-corrected chi connectivity index (χ1v) is 7.90. The summed E-state index contributed by atoms with van der Waals surface area (Å²) < 4.78 is 5.20. The van der Waals surface area contributed by atoms with E-state index in [0.717, 1.165) is 22.2 Å². The molecule has 0 amide bonds. The third kappa shape index (κ3) is 2.98. The summed E-state index contributed by atoms with van der Waals surface area (Å²) in [6.07, 6.45) is 3.86. The summed E-state index contributed by atoms with van der Waals surface area (Å²) in [6.45, 7) is 2.09. The zero-order chi connectivity index (χ0) is 14.8. The molecule has 1 aliphatic rings. The van der Waals surface area contributed by atoms with Gasteiger partial charge in [-0.05, 0) is 33.4 Å². The van der Waals surface area contributed by atoms with E-state index in [2.05, 4.69) is 30.9 Å². The first-order chi connectivity index (χ1) is 9.52. The molecule has 6 heteroatoms. The summed E-state index contributed by atoms with van der Waals surface area (Å²) in [6, 6.07) is 0. The van der Waals surface area contributed by atoms with E-state index in [1.54, 1.807) is 18.4 Å². The number of anilines is 1. The molecule has 0 bridgehead atoms. The fraction of sp³-hybridized carbons (Fsp3) is 0.786. The molecule has 1 saturated carbocycles. The molecule has 5 nitrogen and oxygen atoms in total. The second-order valence-electron chi connectivity index (χ2n) is 5.83. The van der Waals surface area contributed by atoms with Crippen LogP contribution in [-0.4, -0.2) is 50.2 Å². The topological polar surface area (TPSA) is 54.6 Å². The van der Waals surface area contributed by atoms with E-state index in [1.807, 2.05) is 0 Å². The number of nitrogens with two attached hydrogens (primary N) is 1. The molecule has 0 saturated heterocycles. The van der Waals surface area contributed by atoms with Crippen molar-refractivity contribution in [2.45, 2.75) is 38.0 Å². The van der Waals surface area contributed by atoms with Crippen molar-refractivity contribution in [1.29, 1.82) is 0 Å². The predicted molar refractivity (Wildman–Crippen MR) is 84.3 cm³/mol. The standard InChI is InChI=1S/C14H26N4OS/c1-17(2)14(6-5-7-14)10-18(3)13-16-11(9-19-4)12(8-15)20-13/h5-10,15H2,1-4H3. The molecule has 1 aliphatic carbocycles. The SMILES string of the molecule is COCc1nc(N(C)CC2(N(C)C)CCC2)sc1CN. The molecule has 2 rings (SSSR count). The van der Waals surface area contributed by atoms with Gasteiger partial charge in [0.25, 0.3) is 0 Å². The zero-order valence-corrected chi connectivity index (χ0v) is 13.8. The molecule has 0 spiro atoms. The quantitative estimate of drug-likeness (QED) is 0.830. The number of hydrogen-bond donors (Lipinski definition) is 1. The van der Waals surface area contributed by atoms with Gasteiger partial charge in [0.05, 0.1) is 12.3 Å². The lowest BCUT2D eigenvalue weighted by atomic mass is 9.75. The van der Waals surface area contributed by atoms with Crippen LogP contribution in [0.2, 0.25) is 0 Å². The van der Waals surface area contributed by atoms with Crippen LogP contribution in [0.25, 0.3) is 0 Å². The normalized spacial score (nSPS) is 17.3. The lowest BCUT2D eigenvalue weighted by Gasteiger charge is -2.49. The van der Waals surface area contributed by atoms with Gasteiger partial charge in [0.2, 0.25) is 0 Å². The highest BCUT2D eigenvalue weighted by Gasteiger charge is 2.40. The van der Waals surface area contributed by atoms with Crippen LogP contribution in [0.15, 0.2) is 0 Å². The summed E-state index contributed by atoms with van der Waals surface area (Å²) in [5.41, 5.74) is 7.09. The molecule has 0 radical (unpaired) electrons. The Bertz CT molecular complexity index is 442. The minimum Gasteiger partial charge on any atom is -0.378 e. The van der Waals surface area contributed by atoms with E-state index in [4.69, 9.17) is 15.5 Å². The minimum atomic E-state index is 0.310. The van der Waals surface area contributed by atoms with E-state index < -0.39 is 0 Å². The van der Waals surface area contributed by atoms with Gasteiger partial charge in [-0.3, -0.25) is 0 Å². The van der Waals surface area contributed by atoms with Gasteiger partial charge < -0.3 is 20.3 Å². The molecule has 114 valence electrons. The summed E-state index contributed by atoms with van der Waals surface area (Å²) in [5, 5.41) is 1.05. The first-order valence-electron chi connectivity index (χ1n) is 7.08. The van der Waals surface area contributed by atoms with Crippen molar-refractivity contribution in [2.75, 3.05) is 39.7 Å². The maximum Gasteiger partial charge on any atom is 0.185 e. The van der Waals surface area contributed by atoms with Crippen molar-refractivity contribution in [1.82, 2.24) is 9.88 Å². The van der Waals surface area contributed by atoms with Gasteiger partial charge >= 0.3 is 0 Å². The van der Waals surface area contributed by atoms with Crippen LogP contribution in [0, 0.1) is 0 Å². The summed E-state index contributed by atoms with van der Waals surface area (Å²) in [4.78, 5) is 10.4. The Hall–Kier alpha value is -0.690. The molecular weight excluding hydrogens is 272 g/mol. The maximum atomic E-state index is 5.80. The molecule has 20 heavy (non-hydrogen) atoms. The Morgan fingerprint density at radius 1 is 1.35 bits per heavy atom. The van der Waals surface area contributed by atoms with E-state index in [0.29, 0.717) is 18.7 Å². The van der Waals surface area contributed by atoms with Crippen LogP contribution >= 0.6 is 11.3 Å². The van der Waals surface area contributed by atoms with E-state index in [1.165, 1.54) is 19.3 Å². The molecule has 1 heterocycles. The number of likely N-dealkylation sites (N-methyl/N-ethyl adjacent to an activating group) is 2. The average molecular weight is 298 g/mol. The smallest absolute Gasteiger partial charge is 0.185 e. The third-order valence-corrected chi connectivity index (χ3v) is 5.56. The van der Waals surface area contributed by atoms with Crippen molar-refractivity contribution < 1.29 is 4.74 Å². The molecule has 1 fully saturated rings. The molecule has 0 aromatic carbocycles. The van der Waals surface area contributed by atoms with Gasteiger partial charge in [0, 0.05) is 37.7 Å². The minimum absolute atomic E-state index is 0.310. The predicted octanol–water partition coefficient (Wildman–Crippen LogP) is 1.67. The van der Waals surface area contributed by atoms with Crippen molar-refractivity contribution in [3.8, 4) is 0 Å². The zero-order valence-electron chi connectivity index (χ0n) is 13.0. The first kappa shape index (κ1) is 15.7. The Kier molecular flexibility index (Phi) is 5.01. The molecule has 0 atom stereocenters. The molecule has 0 unspecified atom stereocenters. The number of ether oxygens (including phenoxy) is 1. The lowest BCUT2D eigenvalue weighted by Crippen LogP contribution is -2.56. The number of methoxy groups -OCH3 is 1. The van der Waals surface area contributed by atoms with Crippen molar-refractivity contribution in [3.05, 3.63) is 10.6 Å². The number of aromatic nitrogens is 1. The fourth-order valence-corrected chi connectivity index (χ4v) is 3.69. The van der Waals surface area contributed by atoms with Crippen LogP contribution in [0.4, 0.5) is 5.13 Å². The fourth-order valence-electron chi connectivity index (χ4n) is 2.78. The highest BCUT2D eigenvalue weighted by atomic mass is 32.1. The average Bonchev–Trinajstić information content (AvgIpc) is 2.77. The number of hydrogen-bond acceptors (Lipinski definition) is 6. The van der Waals surface area contributed by atoms with Crippen molar-refractivity contribution in [3.63, 3.8) is 0 Å². The van der Waals surface area contributed by atoms with Crippen LogP contribution in [0.5, 0.6) is 0 Å². The number of nitrogens with zero attached hydrogens (tertiary/aromatic N) is 3. The van der Waals surface area contributed by atoms with Gasteiger partial charge in [0.15, 0.2) is 5.13 Å². The molecule has 1 aromatic heterocycles. The lowest BCUT2D eigenvalue weighted by molar-refractivity contribution is 0.0683. The van der Waals surface area contributed by atoms with Crippen LogP contribution in [0.3, 0.4) is 0 Å². The van der Waals surface area contributed by atoms with Crippen molar-refractivity contribution in [2.24, 2.45) is 5.73 Å². The summed E-state index contributed by atoms with van der Waals surface area (Å²) in [7, 11) is 8.17. The van der Waals surface area contributed by atoms with Gasteiger partial charge in [-0.15, -0.1) is 11.3 Å². The van der Waals surface area contributed by atoms with Crippen molar-refractivity contribution >= 4 is 16.5 Å². The molecule has 2 N–H and O–H groups in total. The Labute approximate surface area is 125 Å². The maximum absolute atomic E-state index is 5.80. The Morgan fingerprint density at radius 3 is 2.50 bits per heavy atom. The van der Waals surface area contributed by atoms with Crippen LogP contribution < -0.4 is 10.6 Å². The highest BCUT2D eigenvalue weighted by Crippen LogP contribution is 2.38. The van der Waals surface area contributed by atoms with E-state index in [-0.39, 0.29) is 0 Å². The van der Waals surface area contributed by atoms with E-state index >= 15 is 0 Å². The summed E-state index contributed by atoms with van der Waals surface area (Å²) in [5.74, 6) is 0. The molecule has 0 aliphatic heterocycles. The number of rotatable bonds is 7. The van der Waals surface area contributed by atoms with Gasteiger partial charge in [0.1, 0.15) is 0 Å². The Balaban J connectivity index is 2.10. The van der Waals surface area contributed by atoms with Crippen LogP contribution in [0.1, 0.15) is 29.8 Å². The summed E-state index contributed by atoms with van der Waals surface area (Å²) >= 11 is 1.69. The second-order valence-corrected chi connectivity index (χ2v) is 6.89. The monoisotopic (exact) mass is 298 g/mol. The molecule has 1 aromatic rings. The third-order valence-electron chi connectivity index (χ3n) is 4.32. The van der Waals surface area contributed by atoms with Gasteiger partial charge in [-0.2, -0.15) is 0 Å².